The molecule has 1 aromatic rings. The van der Waals surface area contributed by atoms with E-state index >= 15 is 0 Å². The van der Waals surface area contributed by atoms with Crippen LogP contribution in [0.3, 0.4) is 0 Å². The highest BCUT2D eigenvalue weighted by Gasteiger charge is 2.23. The number of aromatic nitrogens is 2. The lowest BCUT2D eigenvalue weighted by atomic mass is 10.0. The molecule has 1 aliphatic heterocycles. The van der Waals surface area contributed by atoms with E-state index in [1.807, 2.05) is 17.9 Å². The monoisotopic (exact) mass is 219 g/mol. The van der Waals surface area contributed by atoms with Gasteiger partial charge in [0.2, 0.25) is 5.91 Å². The maximum Gasteiger partial charge on any atom is 0.231 e. The van der Waals surface area contributed by atoms with Crippen molar-refractivity contribution in [1.29, 1.82) is 0 Å². The lowest BCUT2D eigenvalue weighted by molar-refractivity contribution is -0.133. The molecular weight excluding hydrogens is 202 g/mol. The molecule has 2 rings (SSSR count). The van der Waals surface area contributed by atoms with Gasteiger partial charge in [-0.3, -0.25) is 4.79 Å². The summed E-state index contributed by atoms with van der Waals surface area (Å²) in [7, 11) is 0. The predicted molar refractivity (Wildman–Crippen MR) is 60.9 cm³/mol. The van der Waals surface area contributed by atoms with Crippen LogP contribution in [0.2, 0.25) is 0 Å². The van der Waals surface area contributed by atoms with Crippen LogP contribution in [0.25, 0.3) is 0 Å². The van der Waals surface area contributed by atoms with Crippen molar-refractivity contribution in [3.05, 3.63) is 24.3 Å². The molecule has 1 atom stereocenters. The van der Waals surface area contributed by atoms with Crippen LogP contribution >= 0.6 is 0 Å². The van der Waals surface area contributed by atoms with Gasteiger partial charge in [-0.05, 0) is 32.3 Å². The van der Waals surface area contributed by atoms with Crippen molar-refractivity contribution in [1.82, 2.24) is 14.9 Å². The predicted octanol–water partition coefficient (Wildman–Crippen LogP) is 1.59. The van der Waals surface area contributed by atoms with Crippen molar-refractivity contribution in [2.75, 3.05) is 13.1 Å². The van der Waals surface area contributed by atoms with Crippen LogP contribution < -0.4 is 0 Å². The molecular formula is C12H17N3O. The fourth-order valence-corrected chi connectivity index (χ4v) is 2.07. The molecule has 1 saturated heterocycles. The van der Waals surface area contributed by atoms with Gasteiger partial charge in [0, 0.05) is 19.3 Å². The molecule has 2 heterocycles. The summed E-state index contributed by atoms with van der Waals surface area (Å²) in [4.78, 5) is 22.1. The van der Waals surface area contributed by atoms with Gasteiger partial charge >= 0.3 is 0 Å². The second kappa shape index (κ2) is 5.05. The smallest absolute Gasteiger partial charge is 0.231 e. The number of carbonyl (C=O) groups excluding carboxylic acids is 1. The SMILES string of the molecule is CC(C(=O)N1CCCCC1)c1ccncn1. The highest BCUT2D eigenvalue weighted by atomic mass is 16.2. The van der Waals surface area contributed by atoms with Crippen molar-refractivity contribution < 1.29 is 4.79 Å². The average molecular weight is 219 g/mol. The number of carbonyl (C=O) groups is 1. The van der Waals surface area contributed by atoms with Gasteiger partial charge in [-0.1, -0.05) is 0 Å². The Bertz CT molecular complexity index is 347. The largest absolute Gasteiger partial charge is 0.342 e. The van der Waals surface area contributed by atoms with Gasteiger partial charge in [0.05, 0.1) is 11.6 Å². The third-order valence-electron chi connectivity index (χ3n) is 3.09. The number of rotatable bonds is 2. The van der Waals surface area contributed by atoms with E-state index in [0.29, 0.717) is 0 Å². The van der Waals surface area contributed by atoms with Crippen molar-refractivity contribution in [2.24, 2.45) is 0 Å². The van der Waals surface area contributed by atoms with Gasteiger partial charge in [0.25, 0.3) is 0 Å². The second-order valence-electron chi connectivity index (χ2n) is 4.24. The zero-order chi connectivity index (χ0) is 11.4. The van der Waals surface area contributed by atoms with E-state index in [-0.39, 0.29) is 11.8 Å². The molecule has 16 heavy (non-hydrogen) atoms. The molecule has 86 valence electrons. The topological polar surface area (TPSA) is 46.1 Å². The van der Waals surface area contributed by atoms with Crippen LogP contribution in [0.15, 0.2) is 18.6 Å². The van der Waals surface area contributed by atoms with Crippen molar-refractivity contribution in [2.45, 2.75) is 32.1 Å². The Morgan fingerprint density at radius 1 is 1.38 bits per heavy atom. The van der Waals surface area contributed by atoms with Crippen LogP contribution in [-0.4, -0.2) is 33.9 Å². The molecule has 0 aliphatic carbocycles. The van der Waals surface area contributed by atoms with E-state index in [9.17, 15) is 4.79 Å². The van der Waals surface area contributed by atoms with Gasteiger partial charge in [-0.2, -0.15) is 0 Å². The summed E-state index contributed by atoms with van der Waals surface area (Å²) in [6.07, 6.45) is 6.67. The molecule has 0 N–H and O–H groups in total. The summed E-state index contributed by atoms with van der Waals surface area (Å²) in [6, 6.07) is 1.81. The number of hydrogen-bond donors (Lipinski definition) is 0. The van der Waals surface area contributed by atoms with Gasteiger partial charge < -0.3 is 4.90 Å². The Morgan fingerprint density at radius 3 is 2.75 bits per heavy atom. The normalized spacial score (nSPS) is 18.2. The number of nitrogens with zero attached hydrogens (tertiary/aromatic N) is 3. The van der Waals surface area contributed by atoms with Crippen molar-refractivity contribution >= 4 is 5.91 Å². The van der Waals surface area contributed by atoms with E-state index < -0.39 is 0 Å². The highest BCUT2D eigenvalue weighted by molar-refractivity contribution is 5.82. The average Bonchev–Trinajstić information content (AvgIpc) is 2.39. The molecule has 0 bridgehead atoms. The first-order valence-corrected chi connectivity index (χ1v) is 5.84. The van der Waals surface area contributed by atoms with Gasteiger partial charge in [0.1, 0.15) is 6.33 Å². The second-order valence-corrected chi connectivity index (χ2v) is 4.24. The Kier molecular flexibility index (Phi) is 3.49. The number of hydrogen-bond acceptors (Lipinski definition) is 3. The highest BCUT2D eigenvalue weighted by Crippen LogP contribution is 2.18. The Labute approximate surface area is 95.7 Å². The summed E-state index contributed by atoms with van der Waals surface area (Å²) < 4.78 is 0. The van der Waals surface area contributed by atoms with E-state index in [1.54, 1.807) is 6.20 Å². The zero-order valence-electron chi connectivity index (χ0n) is 9.59. The summed E-state index contributed by atoms with van der Waals surface area (Å²) in [6.45, 7) is 3.71. The first-order chi connectivity index (χ1) is 7.79. The minimum absolute atomic E-state index is 0.152. The summed E-state index contributed by atoms with van der Waals surface area (Å²) in [5, 5.41) is 0. The molecule has 4 nitrogen and oxygen atoms in total. The molecule has 1 aromatic heterocycles. The minimum Gasteiger partial charge on any atom is -0.342 e. The van der Waals surface area contributed by atoms with E-state index in [1.165, 1.54) is 12.7 Å². The number of amides is 1. The molecule has 1 aliphatic rings. The summed E-state index contributed by atoms with van der Waals surface area (Å²) in [5.74, 6) is 0.0412. The lowest BCUT2D eigenvalue weighted by Crippen LogP contribution is -2.38. The third kappa shape index (κ3) is 2.38. The van der Waals surface area contributed by atoms with Gasteiger partial charge in [-0.25, -0.2) is 9.97 Å². The number of likely N-dealkylation sites (tertiary alicyclic amines) is 1. The number of piperidine rings is 1. The Morgan fingerprint density at radius 2 is 2.12 bits per heavy atom. The molecule has 1 fully saturated rings. The van der Waals surface area contributed by atoms with Crippen LogP contribution in [-0.2, 0) is 4.79 Å². The fraction of sp³-hybridized carbons (Fsp3) is 0.583. The standard InChI is InChI=1S/C12H17N3O/c1-10(11-5-6-13-9-14-11)12(16)15-7-3-2-4-8-15/h5-6,9-10H,2-4,7-8H2,1H3. The van der Waals surface area contributed by atoms with Crippen molar-refractivity contribution in [3.63, 3.8) is 0 Å². The van der Waals surface area contributed by atoms with E-state index in [2.05, 4.69) is 9.97 Å². The lowest BCUT2D eigenvalue weighted by Gasteiger charge is -2.29. The fourth-order valence-electron chi connectivity index (χ4n) is 2.07. The molecule has 0 aromatic carbocycles. The molecule has 0 spiro atoms. The molecule has 0 radical (unpaired) electrons. The Hall–Kier alpha value is -1.45. The molecule has 0 saturated carbocycles. The van der Waals surface area contributed by atoms with Crippen LogP contribution in [0, 0.1) is 0 Å². The van der Waals surface area contributed by atoms with E-state index in [4.69, 9.17) is 0 Å². The van der Waals surface area contributed by atoms with Crippen LogP contribution in [0.5, 0.6) is 0 Å². The summed E-state index contributed by atoms with van der Waals surface area (Å²) in [5.41, 5.74) is 0.811. The molecule has 1 unspecified atom stereocenters. The maximum atomic E-state index is 12.2. The molecule has 1 amide bonds. The molecule has 4 heteroatoms. The minimum atomic E-state index is -0.152. The Balaban J connectivity index is 2.04. The van der Waals surface area contributed by atoms with Crippen molar-refractivity contribution in [3.8, 4) is 0 Å². The first-order valence-electron chi connectivity index (χ1n) is 5.84. The maximum absolute atomic E-state index is 12.2. The zero-order valence-corrected chi connectivity index (χ0v) is 9.59. The van der Waals surface area contributed by atoms with Crippen LogP contribution in [0.4, 0.5) is 0 Å². The van der Waals surface area contributed by atoms with E-state index in [0.717, 1.165) is 31.6 Å². The van der Waals surface area contributed by atoms with Gasteiger partial charge in [-0.15, -0.1) is 0 Å². The first kappa shape index (κ1) is 11.0. The van der Waals surface area contributed by atoms with Gasteiger partial charge in [0.15, 0.2) is 0 Å². The van der Waals surface area contributed by atoms with Crippen LogP contribution in [0.1, 0.15) is 37.8 Å². The summed E-state index contributed by atoms with van der Waals surface area (Å²) >= 11 is 0. The quantitative estimate of drug-likeness (QED) is 0.759. The third-order valence-corrected chi connectivity index (χ3v) is 3.09.